The summed E-state index contributed by atoms with van der Waals surface area (Å²) < 4.78 is 0. The molecule has 0 radical (unpaired) electrons. The van der Waals surface area contributed by atoms with E-state index in [-0.39, 0.29) is 5.92 Å². The number of benzene rings is 1. The van der Waals surface area contributed by atoms with Crippen LogP contribution in [0, 0.1) is 5.92 Å². The summed E-state index contributed by atoms with van der Waals surface area (Å²) in [6.07, 6.45) is 4.04. The number of rotatable bonds is 2. The molecule has 1 unspecified atom stereocenters. The zero-order valence-electron chi connectivity index (χ0n) is 9.95. The minimum atomic E-state index is 0.0947. The molecule has 1 N–H and O–H groups in total. The van der Waals surface area contributed by atoms with Crippen molar-refractivity contribution in [2.24, 2.45) is 5.92 Å². The lowest BCUT2D eigenvalue weighted by atomic mass is 9.81. The molecule has 1 atom stereocenters. The maximum absolute atomic E-state index is 12.1. The topological polar surface area (TPSA) is 32.9 Å². The van der Waals surface area contributed by atoms with Gasteiger partial charge in [-0.2, -0.15) is 0 Å². The molecule has 0 saturated carbocycles. The standard InChI is InChI=1S/C15H14ClNO/c16-13-4-3-10-6-12(8-14-2-1-5-17-14)15(18)9-11(10)7-13/h1-5,7,12,17H,6,8-9H2. The van der Waals surface area contributed by atoms with Crippen LogP contribution in [0.1, 0.15) is 16.8 Å². The lowest BCUT2D eigenvalue weighted by Crippen LogP contribution is -2.27. The van der Waals surface area contributed by atoms with Gasteiger partial charge in [-0.3, -0.25) is 4.79 Å². The number of carbonyl (C=O) groups is 1. The van der Waals surface area contributed by atoms with E-state index in [9.17, 15) is 4.79 Å². The molecule has 2 aromatic rings. The number of ketones is 1. The zero-order chi connectivity index (χ0) is 12.5. The first-order chi connectivity index (χ1) is 8.72. The molecule has 1 aliphatic carbocycles. The van der Waals surface area contributed by atoms with Gasteiger partial charge in [-0.15, -0.1) is 0 Å². The molecule has 1 aromatic carbocycles. The van der Waals surface area contributed by atoms with Crippen molar-refractivity contribution < 1.29 is 4.79 Å². The van der Waals surface area contributed by atoms with Crippen LogP contribution in [0.15, 0.2) is 36.5 Å². The molecule has 0 spiro atoms. The predicted molar refractivity (Wildman–Crippen MR) is 71.9 cm³/mol. The molecule has 92 valence electrons. The zero-order valence-corrected chi connectivity index (χ0v) is 10.7. The average molecular weight is 260 g/mol. The van der Waals surface area contributed by atoms with Gasteiger partial charge in [-0.05, 0) is 48.2 Å². The van der Waals surface area contributed by atoms with Gasteiger partial charge in [0.05, 0.1) is 0 Å². The number of aromatic nitrogens is 1. The van der Waals surface area contributed by atoms with Crippen molar-refractivity contribution in [2.75, 3.05) is 0 Å². The second-order valence-electron chi connectivity index (χ2n) is 4.86. The lowest BCUT2D eigenvalue weighted by molar-refractivity contribution is -0.122. The average Bonchev–Trinajstić information content (AvgIpc) is 2.83. The second kappa shape index (κ2) is 4.62. The summed E-state index contributed by atoms with van der Waals surface area (Å²) in [5, 5.41) is 0.712. The Bertz CT molecular complexity index is 574. The summed E-state index contributed by atoms with van der Waals surface area (Å²) in [7, 11) is 0. The number of hydrogen-bond acceptors (Lipinski definition) is 1. The molecule has 1 aromatic heterocycles. The smallest absolute Gasteiger partial charge is 0.141 e. The highest BCUT2D eigenvalue weighted by molar-refractivity contribution is 6.30. The van der Waals surface area contributed by atoms with Crippen LogP contribution in [0.3, 0.4) is 0 Å². The van der Waals surface area contributed by atoms with Gasteiger partial charge in [-0.25, -0.2) is 0 Å². The summed E-state index contributed by atoms with van der Waals surface area (Å²) in [6, 6.07) is 9.87. The van der Waals surface area contributed by atoms with E-state index in [1.54, 1.807) is 0 Å². The molecule has 0 fully saturated rings. The van der Waals surface area contributed by atoms with Crippen molar-refractivity contribution >= 4 is 17.4 Å². The first kappa shape index (κ1) is 11.5. The van der Waals surface area contributed by atoms with Crippen molar-refractivity contribution in [3.05, 3.63) is 58.4 Å². The van der Waals surface area contributed by atoms with Gasteiger partial charge >= 0.3 is 0 Å². The largest absolute Gasteiger partial charge is 0.365 e. The molecule has 0 bridgehead atoms. The Morgan fingerprint density at radius 1 is 1.28 bits per heavy atom. The van der Waals surface area contributed by atoms with Crippen molar-refractivity contribution in [1.82, 2.24) is 4.98 Å². The predicted octanol–water partition coefficient (Wildman–Crippen LogP) is 3.19. The summed E-state index contributed by atoms with van der Waals surface area (Å²) >= 11 is 5.96. The van der Waals surface area contributed by atoms with Crippen LogP contribution in [0.2, 0.25) is 5.02 Å². The quantitative estimate of drug-likeness (QED) is 0.883. The van der Waals surface area contributed by atoms with Gasteiger partial charge in [0.2, 0.25) is 0 Å². The summed E-state index contributed by atoms with van der Waals surface area (Å²) in [5.41, 5.74) is 3.48. The van der Waals surface area contributed by atoms with E-state index in [1.807, 2.05) is 36.5 Å². The maximum Gasteiger partial charge on any atom is 0.141 e. The molecule has 18 heavy (non-hydrogen) atoms. The molecule has 3 heteroatoms. The third kappa shape index (κ3) is 2.21. The third-order valence-electron chi connectivity index (χ3n) is 3.58. The van der Waals surface area contributed by atoms with Gasteiger partial charge in [0.25, 0.3) is 0 Å². The van der Waals surface area contributed by atoms with E-state index in [0.29, 0.717) is 17.2 Å². The van der Waals surface area contributed by atoms with Crippen LogP contribution in [0.25, 0.3) is 0 Å². The molecule has 2 nitrogen and oxygen atoms in total. The van der Waals surface area contributed by atoms with Crippen molar-refractivity contribution in [1.29, 1.82) is 0 Å². The maximum atomic E-state index is 12.1. The molecule has 1 heterocycles. The first-order valence-electron chi connectivity index (χ1n) is 6.14. The highest BCUT2D eigenvalue weighted by atomic mass is 35.5. The number of carbonyl (C=O) groups excluding carboxylic acids is 1. The van der Waals surface area contributed by atoms with E-state index in [0.717, 1.165) is 24.1 Å². The van der Waals surface area contributed by atoms with Gasteiger partial charge < -0.3 is 4.98 Å². The summed E-state index contributed by atoms with van der Waals surface area (Å²) in [4.78, 5) is 15.3. The minimum absolute atomic E-state index is 0.0947. The van der Waals surface area contributed by atoms with Crippen LogP contribution in [0.4, 0.5) is 0 Å². The molecular weight excluding hydrogens is 246 g/mol. The van der Waals surface area contributed by atoms with E-state index in [4.69, 9.17) is 11.6 Å². The van der Waals surface area contributed by atoms with Crippen LogP contribution in [0.5, 0.6) is 0 Å². The Kier molecular flexibility index (Phi) is 2.96. The Morgan fingerprint density at radius 2 is 2.17 bits per heavy atom. The fourth-order valence-corrected chi connectivity index (χ4v) is 2.81. The van der Waals surface area contributed by atoms with Gasteiger partial charge in [0, 0.05) is 29.3 Å². The van der Waals surface area contributed by atoms with E-state index >= 15 is 0 Å². The number of aromatic amines is 1. The summed E-state index contributed by atoms with van der Waals surface area (Å²) in [5.74, 6) is 0.414. The number of Topliss-reactive ketones (excluding diaryl/α,β-unsaturated/α-hetero) is 1. The minimum Gasteiger partial charge on any atom is -0.365 e. The van der Waals surface area contributed by atoms with Gasteiger partial charge in [0.1, 0.15) is 5.78 Å². The van der Waals surface area contributed by atoms with Crippen LogP contribution in [-0.4, -0.2) is 10.8 Å². The molecule has 0 amide bonds. The van der Waals surface area contributed by atoms with Crippen LogP contribution >= 0.6 is 11.6 Å². The number of fused-ring (bicyclic) bond motifs is 1. The van der Waals surface area contributed by atoms with E-state index in [2.05, 4.69) is 4.98 Å². The van der Waals surface area contributed by atoms with Gasteiger partial charge in [0.15, 0.2) is 0 Å². The van der Waals surface area contributed by atoms with Gasteiger partial charge in [-0.1, -0.05) is 17.7 Å². The Balaban J connectivity index is 1.83. The Morgan fingerprint density at radius 3 is 2.94 bits per heavy atom. The number of halogens is 1. The number of H-pyrrole nitrogens is 1. The van der Waals surface area contributed by atoms with Crippen LogP contribution < -0.4 is 0 Å². The Hall–Kier alpha value is -1.54. The molecule has 1 aliphatic rings. The van der Waals surface area contributed by atoms with Crippen LogP contribution in [-0.2, 0) is 24.1 Å². The highest BCUT2D eigenvalue weighted by Crippen LogP contribution is 2.27. The lowest BCUT2D eigenvalue weighted by Gasteiger charge is -2.23. The Labute approximate surface area is 111 Å². The second-order valence-corrected chi connectivity index (χ2v) is 5.29. The highest BCUT2D eigenvalue weighted by Gasteiger charge is 2.26. The van der Waals surface area contributed by atoms with Crippen molar-refractivity contribution in [3.63, 3.8) is 0 Å². The molecule has 0 saturated heterocycles. The monoisotopic (exact) mass is 259 g/mol. The first-order valence-corrected chi connectivity index (χ1v) is 6.52. The number of hydrogen-bond donors (Lipinski definition) is 1. The SMILES string of the molecule is O=C1Cc2cc(Cl)ccc2CC1Cc1ccc[nH]1. The molecular formula is C15H14ClNO. The summed E-state index contributed by atoms with van der Waals surface area (Å²) in [6.45, 7) is 0. The van der Waals surface area contributed by atoms with E-state index < -0.39 is 0 Å². The molecule has 3 rings (SSSR count). The van der Waals surface area contributed by atoms with Crippen molar-refractivity contribution in [2.45, 2.75) is 19.3 Å². The molecule has 0 aliphatic heterocycles. The van der Waals surface area contributed by atoms with Crippen molar-refractivity contribution in [3.8, 4) is 0 Å². The third-order valence-corrected chi connectivity index (χ3v) is 3.82. The van der Waals surface area contributed by atoms with E-state index in [1.165, 1.54) is 5.56 Å². The fourth-order valence-electron chi connectivity index (χ4n) is 2.62. The normalized spacial score (nSPS) is 18.7. The fraction of sp³-hybridized carbons (Fsp3) is 0.267. The number of nitrogens with one attached hydrogen (secondary N) is 1.